The molecule has 1 unspecified atom stereocenters. The molecule has 1 aliphatic heterocycles. The Morgan fingerprint density at radius 3 is 2.40 bits per heavy atom. The minimum atomic E-state index is -0.839. The van der Waals surface area contributed by atoms with Crippen LogP contribution in [0.25, 0.3) is 0 Å². The summed E-state index contributed by atoms with van der Waals surface area (Å²) in [5.41, 5.74) is 7.26. The Bertz CT molecular complexity index is 474. The SMILES string of the molecule is COc1cc2c(cc1OC)CN(CC(C)(O)CN)CC2. The number of hydrogen-bond donors (Lipinski definition) is 2. The lowest BCUT2D eigenvalue weighted by atomic mass is 9.97. The van der Waals surface area contributed by atoms with Gasteiger partial charge in [-0.25, -0.2) is 0 Å². The minimum Gasteiger partial charge on any atom is -0.493 e. The van der Waals surface area contributed by atoms with Crippen molar-refractivity contribution < 1.29 is 14.6 Å². The summed E-state index contributed by atoms with van der Waals surface area (Å²) in [4.78, 5) is 2.22. The van der Waals surface area contributed by atoms with E-state index in [9.17, 15) is 5.11 Å². The maximum atomic E-state index is 10.1. The zero-order valence-electron chi connectivity index (χ0n) is 12.5. The lowest BCUT2D eigenvalue weighted by molar-refractivity contribution is 0.0231. The van der Waals surface area contributed by atoms with Crippen molar-refractivity contribution in [2.75, 3.05) is 33.9 Å². The molecule has 20 heavy (non-hydrogen) atoms. The van der Waals surface area contributed by atoms with E-state index < -0.39 is 5.60 Å². The van der Waals surface area contributed by atoms with Gasteiger partial charge in [0.1, 0.15) is 0 Å². The van der Waals surface area contributed by atoms with Gasteiger partial charge < -0.3 is 20.3 Å². The largest absolute Gasteiger partial charge is 0.493 e. The van der Waals surface area contributed by atoms with Gasteiger partial charge in [0.25, 0.3) is 0 Å². The third-order valence-corrected chi connectivity index (χ3v) is 3.80. The van der Waals surface area contributed by atoms with Gasteiger partial charge in [0, 0.05) is 26.2 Å². The first kappa shape index (κ1) is 15.1. The number of β-amino-alcohol motifs (C(OH)–C–C–N with tert-alkyl or cyclic N) is 1. The number of nitrogens with zero attached hydrogens (tertiary/aromatic N) is 1. The monoisotopic (exact) mass is 280 g/mol. The van der Waals surface area contributed by atoms with Crippen molar-refractivity contribution in [1.29, 1.82) is 0 Å². The summed E-state index contributed by atoms with van der Waals surface area (Å²) in [6.45, 7) is 4.33. The van der Waals surface area contributed by atoms with Crippen molar-refractivity contribution >= 4 is 0 Å². The van der Waals surface area contributed by atoms with Gasteiger partial charge >= 0.3 is 0 Å². The molecule has 0 spiro atoms. The van der Waals surface area contributed by atoms with Crippen molar-refractivity contribution in [3.63, 3.8) is 0 Å². The van der Waals surface area contributed by atoms with Crippen LogP contribution < -0.4 is 15.2 Å². The Labute approximate surface area is 120 Å². The van der Waals surface area contributed by atoms with Crippen LogP contribution in [0.3, 0.4) is 0 Å². The molecule has 0 saturated heterocycles. The predicted octanol–water partition coefficient (Wildman–Crippen LogP) is 0.772. The van der Waals surface area contributed by atoms with E-state index in [1.54, 1.807) is 21.1 Å². The highest BCUT2D eigenvalue weighted by Crippen LogP contribution is 2.33. The van der Waals surface area contributed by atoms with E-state index in [4.69, 9.17) is 15.2 Å². The van der Waals surface area contributed by atoms with Gasteiger partial charge in [0.15, 0.2) is 11.5 Å². The van der Waals surface area contributed by atoms with Crippen molar-refractivity contribution in [1.82, 2.24) is 4.90 Å². The quantitative estimate of drug-likeness (QED) is 0.834. The van der Waals surface area contributed by atoms with Crippen LogP contribution >= 0.6 is 0 Å². The Kier molecular flexibility index (Phi) is 4.52. The van der Waals surface area contributed by atoms with Crippen molar-refractivity contribution in [2.45, 2.75) is 25.5 Å². The van der Waals surface area contributed by atoms with Gasteiger partial charge in [0.05, 0.1) is 19.8 Å². The number of benzene rings is 1. The molecular weight excluding hydrogens is 256 g/mol. The van der Waals surface area contributed by atoms with Crippen LogP contribution in [0.5, 0.6) is 11.5 Å². The summed E-state index contributed by atoms with van der Waals surface area (Å²) >= 11 is 0. The average molecular weight is 280 g/mol. The lowest BCUT2D eigenvalue weighted by Gasteiger charge is -2.34. The highest BCUT2D eigenvalue weighted by atomic mass is 16.5. The van der Waals surface area contributed by atoms with E-state index in [0.717, 1.165) is 31.0 Å². The van der Waals surface area contributed by atoms with Gasteiger partial charge in [-0.3, -0.25) is 4.90 Å². The van der Waals surface area contributed by atoms with E-state index in [1.807, 2.05) is 12.1 Å². The summed E-state index contributed by atoms with van der Waals surface area (Å²) in [5, 5.41) is 10.1. The van der Waals surface area contributed by atoms with Crippen LogP contribution in [0.15, 0.2) is 12.1 Å². The Hall–Kier alpha value is -1.30. The maximum absolute atomic E-state index is 10.1. The second-order valence-corrected chi connectivity index (χ2v) is 5.64. The third kappa shape index (κ3) is 3.23. The van der Waals surface area contributed by atoms with Crippen LogP contribution in [0, 0.1) is 0 Å². The molecule has 1 atom stereocenters. The first-order valence-corrected chi connectivity index (χ1v) is 6.87. The molecular formula is C15H24N2O3. The van der Waals surface area contributed by atoms with E-state index in [-0.39, 0.29) is 6.54 Å². The fraction of sp³-hybridized carbons (Fsp3) is 0.600. The van der Waals surface area contributed by atoms with Crippen molar-refractivity contribution in [2.24, 2.45) is 5.73 Å². The number of methoxy groups -OCH3 is 2. The van der Waals surface area contributed by atoms with Gasteiger partial charge in [-0.05, 0) is 36.6 Å². The Morgan fingerprint density at radius 1 is 1.25 bits per heavy atom. The van der Waals surface area contributed by atoms with Crippen molar-refractivity contribution in [3.8, 4) is 11.5 Å². The smallest absolute Gasteiger partial charge is 0.161 e. The summed E-state index contributed by atoms with van der Waals surface area (Å²) in [6.07, 6.45) is 0.941. The van der Waals surface area contributed by atoms with Gasteiger partial charge in [-0.1, -0.05) is 0 Å². The second-order valence-electron chi connectivity index (χ2n) is 5.64. The Morgan fingerprint density at radius 2 is 1.85 bits per heavy atom. The lowest BCUT2D eigenvalue weighted by Crippen LogP contribution is -2.47. The molecule has 112 valence electrons. The first-order valence-electron chi connectivity index (χ1n) is 6.87. The molecule has 0 radical (unpaired) electrons. The molecule has 0 saturated carbocycles. The molecule has 1 aromatic carbocycles. The standard InChI is InChI=1S/C15H24N2O3/c1-15(18,9-16)10-17-5-4-11-6-13(19-2)14(20-3)7-12(11)8-17/h6-7,18H,4-5,8-10,16H2,1-3H3. The fourth-order valence-corrected chi connectivity index (χ4v) is 2.62. The van der Waals surface area contributed by atoms with Crippen LogP contribution in [0.2, 0.25) is 0 Å². The maximum Gasteiger partial charge on any atom is 0.161 e. The van der Waals surface area contributed by atoms with Gasteiger partial charge in [0.2, 0.25) is 0 Å². The molecule has 1 heterocycles. The van der Waals surface area contributed by atoms with Crippen LogP contribution in [0.1, 0.15) is 18.1 Å². The molecule has 1 aliphatic rings. The molecule has 0 aliphatic carbocycles. The van der Waals surface area contributed by atoms with Crippen molar-refractivity contribution in [3.05, 3.63) is 23.3 Å². The fourth-order valence-electron chi connectivity index (χ4n) is 2.62. The molecule has 3 N–H and O–H groups in total. The highest BCUT2D eigenvalue weighted by molar-refractivity contribution is 5.48. The number of nitrogens with two attached hydrogens (primary N) is 1. The summed E-state index contributed by atoms with van der Waals surface area (Å²) in [5.74, 6) is 1.52. The second kappa shape index (κ2) is 5.99. The molecule has 0 amide bonds. The van der Waals surface area contributed by atoms with Gasteiger partial charge in [-0.15, -0.1) is 0 Å². The van der Waals surface area contributed by atoms with Crippen LogP contribution in [0.4, 0.5) is 0 Å². The number of hydrogen-bond acceptors (Lipinski definition) is 5. The summed E-state index contributed by atoms with van der Waals surface area (Å²) in [6, 6.07) is 4.07. The molecule has 0 aromatic heterocycles. The first-order chi connectivity index (χ1) is 9.49. The van der Waals surface area contributed by atoms with Crippen LogP contribution in [-0.2, 0) is 13.0 Å². The molecule has 5 heteroatoms. The molecule has 0 fully saturated rings. The van der Waals surface area contributed by atoms with E-state index in [0.29, 0.717) is 6.54 Å². The highest BCUT2D eigenvalue weighted by Gasteiger charge is 2.26. The minimum absolute atomic E-state index is 0.266. The predicted molar refractivity (Wildman–Crippen MR) is 78.2 cm³/mol. The third-order valence-electron chi connectivity index (χ3n) is 3.80. The Balaban J connectivity index is 2.17. The molecule has 5 nitrogen and oxygen atoms in total. The number of rotatable bonds is 5. The normalized spacial score (nSPS) is 18.2. The van der Waals surface area contributed by atoms with Gasteiger partial charge in [-0.2, -0.15) is 0 Å². The average Bonchev–Trinajstić information content (AvgIpc) is 2.45. The van der Waals surface area contributed by atoms with E-state index >= 15 is 0 Å². The zero-order chi connectivity index (χ0) is 14.8. The molecule has 1 aromatic rings. The summed E-state index contributed by atoms with van der Waals surface area (Å²) < 4.78 is 10.7. The summed E-state index contributed by atoms with van der Waals surface area (Å²) in [7, 11) is 3.29. The van der Waals surface area contributed by atoms with E-state index in [2.05, 4.69) is 4.90 Å². The number of fused-ring (bicyclic) bond motifs is 1. The molecule has 2 rings (SSSR count). The van der Waals surface area contributed by atoms with E-state index in [1.165, 1.54) is 11.1 Å². The number of ether oxygens (including phenoxy) is 2. The van der Waals surface area contributed by atoms with Crippen LogP contribution in [-0.4, -0.2) is 49.5 Å². The zero-order valence-corrected chi connectivity index (χ0v) is 12.5. The number of aliphatic hydroxyl groups is 1. The topological polar surface area (TPSA) is 68.0 Å². The molecule has 0 bridgehead atoms.